The molecule has 0 spiro atoms. The molecule has 23 heterocycles. The summed E-state index contributed by atoms with van der Waals surface area (Å²) in [4.78, 5) is 106. The van der Waals surface area contributed by atoms with Gasteiger partial charge in [0.2, 0.25) is 10.2 Å². The Bertz CT molecular complexity index is 6200. The second-order valence-corrected chi connectivity index (χ2v) is 50.5. The Hall–Kier alpha value is -10.1. The average molecular weight is 1850 g/mol. The Balaban J connectivity index is 1.16. The number of morpholine rings is 1. The number of anilines is 1. The van der Waals surface area contributed by atoms with Crippen LogP contribution in [0.3, 0.4) is 0 Å². The number of nitrogens with one attached hydrogen (secondary N) is 4. The Morgan fingerprint density at radius 1 is 0.600 bits per heavy atom. The number of aromatic amines is 3. The fourth-order valence-electron chi connectivity index (χ4n) is 28.7. The lowest BCUT2D eigenvalue weighted by atomic mass is 9.67. The maximum absolute atomic E-state index is 24.4. The highest BCUT2D eigenvalue weighted by atomic mass is 32.4. The highest BCUT2D eigenvalue weighted by molar-refractivity contribution is 8.73. The first-order valence-electron chi connectivity index (χ1n) is 45.9. The van der Waals surface area contributed by atoms with Gasteiger partial charge in [0.1, 0.15) is 43.0 Å². The summed E-state index contributed by atoms with van der Waals surface area (Å²) in [6, 6.07) is 36.1. The number of piperazine rings is 1. The van der Waals surface area contributed by atoms with Gasteiger partial charge >= 0.3 is 0 Å². The first-order chi connectivity index (χ1) is 64.1. The fourth-order valence-corrected chi connectivity index (χ4v) is 56.0. The van der Waals surface area contributed by atoms with Crippen molar-refractivity contribution in [2.75, 3.05) is 115 Å². The number of thioether (sulfide) groups is 1. The Morgan fingerprint density at radius 3 is 2.05 bits per heavy atom. The third-order valence-corrected chi connectivity index (χ3v) is 53.1. The summed E-state index contributed by atoms with van der Waals surface area (Å²) in [6.07, 6.45) is 35.9. The molecular formula is C92H105N27O6S5. The number of H-pyrrole nitrogens is 3. The van der Waals surface area contributed by atoms with Crippen molar-refractivity contribution in [2.24, 2.45) is 9.63 Å². The molecule has 1 amide bonds. The van der Waals surface area contributed by atoms with Crippen LogP contribution in [0.25, 0.3) is 10.9 Å². The molecular weight excluding hydrogens is 1740 g/mol. The number of pyridine rings is 3. The second kappa shape index (κ2) is 30.4. The quantitative estimate of drug-likeness (QED) is 0.0485. The number of carbonyl (C=O) groups excluding carboxylic acids is 2. The summed E-state index contributed by atoms with van der Waals surface area (Å²) in [5, 5.41) is 42.8. The van der Waals surface area contributed by atoms with E-state index in [2.05, 4.69) is 122 Å². The van der Waals surface area contributed by atoms with E-state index in [4.69, 9.17) is 84.1 Å². The van der Waals surface area contributed by atoms with Crippen molar-refractivity contribution in [2.45, 2.75) is 154 Å². The van der Waals surface area contributed by atoms with Gasteiger partial charge in [0.25, 0.3) is 5.24 Å². The van der Waals surface area contributed by atoms with Gasteiger partial charge in [-0.1, -0.05) is 59.1 Å². The van der Waals surface area contributed by atoms with Gasteiger partial charge in [-0.3, -0.25) is 63.0 Å². The molecule has 11 fully saturated rings. The van der Waals surface area contributed by atoms with E-state index in [1.54, 1.807) is 61.0 Å². The third-order valence-electron chi connectivity index (χ3n) is 31.6. The number of piperidine rings is 1. The zero-order valence-electron chi connectivity index (χ0n) is 72.2. The van der Waals surface area contributed by atoms with Crippen molar-refractivity contribution >= 4 is 78.7 Å². The summed E-state index contributed by atoms with van der Waals surface area (Å²) < 4.78 is 58.9. The summed E-state index contributed by atoms with van der Waals surface area (Å²) in [5.74, 6) is 0.820. The van der Waals surface area contributed by atoms with Crippen LogP contribution in [-0.4, -0.2) is 271 Å². The highest BCUT2D eigenvalue weighted by Crippen LogP contribution is 3.19. The minimum atomic E-state index is -7.80. The number of para-hydroxylation sites is 1. The number of rotatable bonds is 21. The second-order valence-electron chi connectivity index (χ2n) is 36.1. The average Bonchev–Trinajstić information content (AvgIpc) is 1.25. The van der Waals surface area contributed by atoms with Crippen LogP contribution < -0.4 is 10.2 Å². The third kappa shape index (κ3) is 8.87. The van der Waals surface area contributed by atoms with Crippen LogP contribution in [0.2, 0.25) is 0 Å². The molecule has 11 atom stereocenters. The standard InChI is InChI=1S/C92H105N27O6S5/c120-84-87(69-30-39-93-40-31-69,73-24-18-38-102-106-73)119(89(83-99-47-61-126-83,77-67-128(122)110-108-77)90(78-25-5-16-59-123-78,76-29-28-68-21-2-3-22-72(68)105-76)129(84,81-33-42-104-109-81,113-52-12-13-53-113,82-64-95-43-44-98-82)85-100-36-20-37-101-85)92(112-50-10-11-51-112)118(80-27-19-35-97-80)88(75-32-41-103-107-75,74-23-4-7-34-96-74)91(79-26-6-17-60-124-79,111-48-8-1-9-49-111)130(92,114-54-14-15-55-114,115-56-45-94-46-57-115,116-58-62-127-86(116)121)117-65-71-63-70(117)66-125-71/h2-4,6-7,17-24,26-44,47,60-61,64,67,70-71,78-79,94,97H,1,5,8-16,25,45-46,48-59,62-63,65-66H2,(H,103,107)(H,104,109). The number of nitrogens with zero attached hydrogens (tertiary/aromatic N) is 23. The molecule has 0 saturated carbocycles. The summed E-state index contributed by atoms with van der Waals surface area (Å²) >= 11 is 2.72. The molecule has 4 N–H and O–H groups in total. The van der Waals surface area contributed by atoms with Crippen LogP contribution in [0.5, 0.6) is 0 Å². The maximum atomic E-state index is 24.4. The van der Waals surface area contributed by atoms with E-state index in [0.717, 1.165) is 11.8 Å². The molecule has 13 aliphatic rings. The first-order valence-corrected chi connectivity index (χ1v) is 53.6. The molecule has 13 aliphatic heterocycles. The summed E-state index contributed by atoms with van der Waals surface area (Å²) in [7, 11) is -17.8. The molecule has 0 radical (unpaired) electrons. The van der Waals surface area contributed by atoms with Gasteiger partial charge < -0.3 is 24.5 Å². The van der Waals surface area contributed by atoms with E-state index in [-0.39, 0.29) is 110 Å². The zero-order chi connectivity index (χ0) is 87.2. The molecule has 38 heteroatoms. The van der Waals surface area contributed by atoms with Crippen molar-refractivity contribution in [1.29, 1.82) is 0 Å². The van der Waals surface area contributed by atoms with Crippen molar-refractivity contribution in [1.82, 2.24) is 117 Å². The zero-order valence-corrected chi connectivity index (χ0v) is 76.2. The molecule has 11 unspecified atom stereocenters. The predicted octanol–water partition coefficient (Wildman–Crippen LogP) is 12.1. The number of hydrogen-bond acceptors (Lipinski definition) is 30. The number of aromatic nitrogens is 15. The number of amides is 1. The highest BCUT2D eigenvalue weighted by Gasteiger charge is 3.13. The summed E-state index contributed by atoms with van der Waals surface area (Å²) in [6.45, 7) is 4.08. The first kappa shape index (κ1) is 83.0. The van der Waals surface area contributed by atoms with Gasteiger partial charge in [0.15, 0.2) is 32.1 Å². The van der Waals surface area contributed by atoms with Crippen LogP contribution in [0, 0.1) is 0 Å². The van der Waals surface area contributed by atoms with Crippen LogP contribution >= 0.6 is 40.6 Å². The van der Waals surface area contributed by atoms with Crippen LogP contribution in [0.15, 0.2) is 256 Å². The number of allylic oxidation sites excluding steroid dienone is 2. The molecule has 11 saturated heterocycles. The number of ether oxygens (including phenoxy) is 3. The van der Waals surface area contributed by atoms with Gasteiger partial charge in [-0.05, 0) is 204 Å². The van der Waals surface area contributed by atoms with Gasteiger partial charge in [-0.25, -0.2) is 42.0 Å². The van der Waals surface area contributed by atoms with Crippen LogP contribution in [-0.2, 0) is 51.4 Å². The van der Waals surface area contributed by atoms with E-state index < -0.39 is 89.3 Å². The van der Waals surface area contributed by atoms with E-state index in [1.165, 1.54) is 23.1 Å². The lowest BCUT2D eigenvalue weighted by Crippen LogP contribution is -3.02. The van der Waals surface area contributed by atoms with Crippen molar-refractivity contribution in [3.05, 3.63) is 264 Å². The smallest absolute Gasteiger partial charge is 0.292 e. The Morgan fingerprint density at radius 2 is 1.38 bits per heavy atom. The van der Waals surface area contributed by atoms with Gasteiger partial charge in [0, 0.05) is 182 Å². The molecule has 10 aromatic heterocycles. The molecule has 130 heavy (non-hydrogen) atoms. The molecule has 11 aromatic rings. The van der Waals surface area contributed by atoms with Crippen LogP contribution in [0.4, 0.5) is 10.6 Å². The van der Waals surface area contributed by atoms with Crippen molar-refractivity contribution in [3.63, 3.8) is 0 Å². The monoisotopic (exact) mass is 1840 g/mol. The number of benzene rings is 1. The molecule has 24 rings (SSSR count). The Kier molecular flexibility index (Phi) is 19.4. The normalized spacial score (nSPS) is 33.7. The van der Waals surface area contributed by atoms with Crippen LogP contribution in [0.1, 0.15) is 117 Å². The van der Waals surface area contributed by atoms with Gasteiger partial charge in [-0.2, -0.15) is 20.4 Å². The number of fused-ring (bicyclic) bond motifs is 3. The summed E-state index contributed by atoms with van der Waals surface area (Å²) in [5.41, 5.74) is -5.51. The predicted molar refractivity (Wildman–Crippen MR) is 496 cm³/mol. The van der Waals surface area contributed by atoms with E-state index in [0.29, 0.717) is 149 Å². The van der Waals surface area contributed by atoms with Crippen molar-refractivity contribution < 1.29 is 28.0 Å². The minimum Gasteiger partial charge on any atom is -0.491 e. The molecule has 2 bridgehead atoms. The largest absolute Gasteiger partial charge is 0.491 e. The van der Waals surface area contributed by atoms with Crippen molar-refractivity contribution in [3.8, 4) is 0 Å². The topological polar surface area (TPSA) is 347 Å². The minimum absolute atomic E-state index is 0.00372. The SMILES string of the molecule is O=C1SCCN1S1(N2CCCC2)(N2CCNCC2)(N2CC3CC2CO3)C(N2CCCC2)(N2C(c3ccncc3)(c3cccnn3)C(=O)S(c3cnccn3)(c3cc[nH]n3)(c3ncccn3)(N3CCCC3)C(c3ccc4ccccc4n3)(C3CCCCO3)C2(C2=CS(=O)N=N2)c2nccs2)N(c2ccc[nH]2)C(c2ccccn2)(c2cc[nH]n2)C1(C1C=CC=CO1)N1CCCCC1. The van der Waals surface area contributed by atoms with Gasteiger partial charge in [0.05, 0.1) is 65.0 Å². The van der Waals surface area contributed by atoms with E-state index in [1.807, 2.05) is 103 Å². The molecule has 1 aromatic carbocycles. The number of carbonyl (C=O) groups is 2. The fraction of sp³-hybridized carbons (Fsp3) is 0.435. The van der Waals surface area contributed by atoms with E-state index in [9.17, 15) is 0 Å². The lowest BCUT2D eigenvalue weighted by molar-refractivity contribution is -0.179. The lowest BCUT2D eigenvalue weighted by Gasteiger charge is -3.03. The Labute approximate surface area is 762 Å². The molecule has 0 aliphatic carbocycles. The van der Waals surface area contributed by atoms with E-state index >= 15 is 13.8 Å². The number of hydrogen-bond donors (Lipinski definition) is 4. The molecule has 33 nitrogen and oxygen atoms in total. The van der Waals surface area contributed by atoms with Gasteiger partial charge in [-0.15, -0.1) is 16.5 Å². The molecule has 674 valence electrons. The maximum Gasteiger partial charge on any atom is 0.292 e. The number of thiazole rings is 1. The number of likely N-dealkylation sites (tertiary alicyclic amines) is 2.